The number of carbonyl (C=O) groups excluding carboxylic acids is 1. The zero-order valence-corrected chi connectivity index (χ0v) is 18.4. The van der Waals surface area contributed by atoms with Gasteiger partial charge in [0.15, 0.2) is 0 Å². The lowest BCUT2D eigenvalue weighted by molar-refractivity contribution is -0.115. The number of halogens is 3. The molecule has 2 aromatic carbocycles. The van der Waals surface area contributed by atoms with Gasteiger partial charge < -0.3 is 16.0 Å². The minimum atomic E-state index is -0.0125. The van der Waals surface area contributed by atoms with Gasteiger partial charge in [0.05, 0.1) is 6.42 Å². The molecule has 156 valence electrons. The Morgan fingerprint density at radius 2 is 1.61 bits per heavy atom. The van der Waals surface area contributed by atoms with Crippen molar-refractivity contribution < 1.29 is 4.79 Å². The number of nitrogens with two attached hydrogens (primary N) is 1. The maximum atomic E-state index is 12.2. The van der Waals surface area contributed by atoms with Gasteiger partial charge in [-0.05, 0) is 42.4 Å². The van der Waals surface area contributed by atoms with Crippen LogP contribution in [-0.4, -0.2) is 48.9 Å². The molecule has 3 rings (SSSR count). The number of nitrogens with zero attached hydrogens (tertiary/aromatic N) is 2. The summed E-state index contributed by atoms with van der Waals surface area (Å²) in [7, 11) is 2.16. The van der Waals surface area contributed by atoms with Crippen LogP contribution in [0.4, 0.5) is 11.4 Å². The highest BCUT2D eigenvalue weighted by molar-refractivity contribution is 5.92. The summed E-state index contributed by atoms with van der Waals surface area (Å²) >= 11 is 0. The summed E-state index contributed by atoms with van der Waals surface area (Å²) in [5.41, 5.74) is 9.43. The van der Waals surface area contributed by atoms with Crippen molar-refractivity contribution >= 4 is 54.5 Å². The topological polar surface area (TPSA) is 61.6 Å². The average Bonchev–Trinajstić information content (AvgIpc) is 2.59. The van der Waals surface area contributed by atoms with E-state index in [1.807, 2.05) is 36.4 Å². The molecule has 2 aromatic rings. The Hall–Kier alpha value is -1.50. The van der Waals surface area contributed by atoms with Gasteiger partial charge in [0.2, 0.25) is 5.91 Å². The van der Waals surface area contributed by atoms with E-state index in [1.54, 1.807) is 0 Å². The Morgan fingerprint density at radius 1 is 0.964 bits per heavy atom. The Morgan fingerprint density at radius 3 is 2.25 bits per heavy atom. The maximum Gasteiger partial charge on any atom is 0.228 e. The van der Waals surface area contributed by atoms with Crippen LogP contribution in [0, 0.1) is 0 Å². The lowest BCUT2D eigenvalue weighted by Gasteiger charge is -2.32. The Kier molecular flexibility index (Phi) is 12.2. The number of piperazine rings is 1. The van der Waals surface area contributed by atoms with Crippen molar-refractivity contribution in [2.75, 3.05) is 44.3 Å². The molecule has 1 aliphatic heterocycles. The zero-order valence-electron chi connectivity index (χ0n) is 16.0. The smallest absolute Gasteiger partial charge is 0.228 e. The van der Waals surface area contributed by atoms with Gasteiger partial charge in [-0.15, -0.1) is 37.2 Å². The van der Waals surface area contributed by atoms with E-state index in [1.165, 1.54) is 5.56 Å². The SMILES string of the molecule is CN1CCN(Cc2cccc(NC(=O)Cc3ccc(N)cc3)c2)CC1.Cl.Cl.Cl. The number of nitrogens with one attached hydrogen (secondary N) is 1. The first-order valence-electron chi connectivity index (χ1n) is 8.72. The van der Waals surface area contributed by atoms with Crippen molar-refractivity contribution in [2.45, 2.75) is 13.0 Å². The van der Waals surface area contributed by atoms with Crippen molar-refractivity contribution in [3.8, 4) is 0 Å². The summed E-state index contributed by atoms with van der Waals surface area (Å²) in [5.74, 6) is -0.0125. The lowest BCUT2D eigenvalue weighted by Crippen LogP contribution is -2.43. The van der Waals surface area contributed by atoms with Crippen LogP contribution in [0.15, 0.2) is 48.5 Å². The zero-order chi connectivity index (χ0) is 17.6. The summed E-state index contributed by atoms with van der Waals surface area (Å²) in [5, 5.41) is 2.99. The van der Waals surface area contributed by atoms with Gasteiger partial charge in [-0.25, -0.2) is 0 Å². The van der Waals surface area contributed by atoms with E-state index < -0.39 is 0 Å². The molecule has 1 fully saturated rings. The van der Waals surface area contributed by atoms with Crippen molar-refractivity contribution in [1.82, 2.24) is 9.80 Å². The Balaban J connectivity index is 0.00000243. The highest BCUT2D eigenvalue weighted by Gasteiger charge is 2.14. The summed E-state index contributed by atoms with van der Waals surface area (Å²) in [6.07, 6.45) is 0.350. The van der Waals surface area contributed by atoms with E-state index >= 15 is 0 Å². The fraction of sp³-hybridized carbons (Fsp3) is 0.350. The predicted molar refractivity (Wildman–Crippen MR) is 124 cm³/mol. The number of rotatable bonds is 5. The number of benzene rings is 2. The second kappa shape index (κ2) is 12.9. The predicted octanol–water partition coefficient (Wildman–Crippen LogP) is 3.46. The molecule has 5 nitrogen and oxygen atoms in total. The number of hydrogen-bond acceptors (Lipinski definition) is 4. The van der Waals surface area contributed by atoms with Crippen LogP contribution >= 0.6 is 37.2 Å². The number of carbonyl (C=O) groups is 1. The number of hydrogen-bond donors (Lipinski definition) is 2. The molecule has 28 heavy (non-hydrogen) atoms. The standard InChI is InChI=1S/C20H26N4O.3ClH/c1-23-9-11-24(12-10-23)15-17-3-2-4-19(13-17)22-20(25)14-16-5-7-18(21)8-6-16;;;/h2-8,13H,9-12,14-15,21H2,1H3,(H,22,25);3*1H. The third kappa shape index (κ3) is 8.25. The van der Waals surface area contributed by atoms with Crippen LogP contribution in [0.2, 0.25) is 0 Å². The minimum absolute atomic E-state index is 0. The largest absolute Gasteiger partial charge is 0.399 e. The van der Waals surface area contributed by atoms with E-state index in [0.717, 1.165) is 44.0 Å². The molecule has 0 bridgehead atoms. The highest BCUT2D eigenvalue weighted by atomic mass is 35.5. The number of nitrogen functional groups attached to an aromatic ring is 1. The molecule has 0 atom stereocenters. The van der Waals surface area contributed by atoms with Crippen LogP contribution < -0.4 is 11.1 Å². The summed E-state index contributed by atoms with van der Waals surface area (Å²) in [6.45, 7) is 5.32. The van der Waals surface area contributed by atoms with Gasteiger partial charge in [0.25, 0.3) is 0 Å². The molecule has 0 aliphatic carbocycles. The van der Waals surface area contributed by atoms with Gasteiger partial charge in [-0.3, -0.25) is 9.69 Å². The van der Waals surface area contributed by atoms with Crippen molar-refractivity contribution in [1.29, 1.82) is 0 Å². The molecule has 0 spiro atoms. The Bertz CT molecular complexity index is 720. The second-order valence-electron chi connectivity index (χ2n) is 6.75. The molecule has 3 N–H and O–H groups in total. The van der Waals surface area contributed by atoms with Crippen molar-refractivity contribution in [2.24, 2.45) is 0 Å². The van der Waals surface area contributed by atoms with Crippen LogP contribution in [0.25, 0.3) is 0 Å². The summed E-state index contributed by atoms with van der Waals surface area (Å²) < 4.78 is 0. The van der Waals surface area contributed by atoms with E-state index in [4.69, 9.17) is 5.73 Å². The first kappa shape index (κ1) is 26.5. The second-order valence-corrected chi connectivity index (χ2v) is 6.75. The van der Waals surface area contributed by atoms with Gasteiger partial charge in [-0.2, -0.15) is 0 Å². The molecule has 0 aromatic heterocycles. The minimum Gasteiger partial charge on any atom is -0.399 e. The Labute approximate surface area is 185 Å². The third-order valence-electron chi connectivity index (χ3n) is 4.56. The molecule has 1 heterocycles. The normalized spacial score (nSPS) is 14.2. The number of anilines is 2. The van der Waals surface area contributed by atoms with Crippen LogP contribution in [-0.2, 0) is 17.8 Å². The molecule has 0 unspecified atom stereocenters. The van der Waals surface area contributed by atoms with Gasteiger partial charge in [0, 0.05) is 44.1 Å². The van der Waals surface area contributed by atoms with E-state index in [2.05, 4.69) is 34.3 Å². The maximum absolute atomic E-state index is 12.2. The van der Waals surface area contributed by atoms with Gasteiger partial charge >= 0.3 is 0 Å². The molecule has 1 saturated heterocycles. The number of amides is 1. The number of likely N-dealkylation sites (N-methyl/N-ethyl adjacent to an activating group) is 1. The van der Waals surface area contributed by atoms with Crippen LogP contribution in [0.5, 0.6) is 0 Å². The van der Waals surface area contributed by atoms with E-state index in [0.29, 0.717) is 12.1 Å². The highest BCUT2D eigenvalue weighted by Crippen LogP contribution is 2.15. The monoisotopic (exact) mass is 446 g/mol. The molecule has 0 saturated carbocycles. The third-order valence-corrected chi connectivity index (χ3v) is 4.56. The molecular formula is C20H29Cl3N4O. The van der Waals surface area contributed by atoms with E-state index in [-0.39, 0.29) is 43.1 Å². The lowest BCUT2D eigenvalue weighted by atomic mass is 10.1. The molecule has 8 heteroatoms. The summed E-state index contributed by atoms with van der Waals surface area (Å²) in [6, 6.07) is 15.5. The van der Waals surface area contributed by atoms with Gasteiger partial charge in [-0.1, -0.05) is 24.3 Å². The fourth-order valence-electron chi connectivity index (χ4n) is 3.04. The molecule has 1 amide bonds. The van der Waals surface area contributed by atoms with Crippen LogP contribution in [0.1, 0.15) is 11.1 Å². The molecule has 1 aliphatic rings. The fourth-order valence-corrected chi connectivity index (χ4v) is 3.04. The first-order chi connectivity index (χ1) is 12.1. The van der Waals surface area contributed by atoms with Gasteiger partial charge in [0.1, 0.15) is 0 Å². The first-order valence-corrected chi connectivity index (χ1v) is 8.72. The van der Waals surface area contributed by atoms with Crippen molar-refractivity contribution in [3.05, 3.63) is 59.7 Å². The average molecular weight is 448 g/mol. The quantitative estimate of drug-likeness (QED) is 0.689. The molecular weight excluding hydrogens is 419 g/mol. The summed E-state index contributed by atoms with van der Waals surface area (Å²) in [4.78, 5) is 17.1. The van der Waals surface area contributed by atoms with Crippen molar-refractivity contribution in [3.63, 3.8) is 0 Å². The molecule has 0 radical (unpaired) electrons. The van der Waals surface area contributed by atoms with Crippen LogP contribution in [0.3, 0.4) is 0 Å². The van der Waals surface area contributed by atoms with E-state index in [9.17, 15) is 4.79 Å².